The highest BCUT2D eigenvalue weighted by molar-refractivity contribution is 7.81. The number of benzene rings is 3. The standard InChI is InChI=1S/C42H49F3N8O5S/c1-6-27-20-32(53-40(59)52(39(57)41(53,4)5)31-11-10-28(23-46)33(22-31)42(43,44)45)12-14-35(27)58-19-18-50-16-17-51(25(2)24-50)26(3)37(55)48-30-9-7-8-29(21-30)47-34-13-15-36(54)49-38(34)56/h7-12,14,20-22,25-26,34,40,47,59H,6,13,15-19,24H2,1-5H3,(H,48,55)(H,49,54,56)/t25-,26+,34+,40+/m1/s1. The number of carbonyl (C=O) groups is 4. The Morgan fingerprint density at radius 3 is 2.47 bits per heavy atom. The summed E-state index contributed by atoms with van der Waals surface area (Å²) < 4.78 is 47.7. The molecule has 0 unspecified atom stereocenters. The first-order chi connectivity index (χ1) is 27.9. The van der Waals surface area contributed by atoms with E-state index in [2.05, 4.69) is 32.7 Å². The van der Waals surface area contributed by atoms with Crippen LogP contribution in [0.15, 0.2) is 60.7 Å². The minimum atomic E-state index is -4.78. The van der Waals surface area contributed by atoms with E-state index < -0.39 is 46.3 Å². The number of piperazine rings is 1. The molecule has 3 aliphatic rings. The Morgan fingerprint density at radius 2 is 1.80 bits per heavy atom. The molecule has 13 nitrogen and oxygen atoms in total. The third kappa shape index (κ3) is 9.29. The Hall–Kier alpha value is -5.31. The van der Waals surface area contributed by atoms with Crippen LogP contribution < -0.4 is 30.5 Å². The van der Waals surface area contributed by atoms with Crippen molar-refractivity contribution in [1.82, 2.24) is 15.1 Å². The maximum Gasteiger partial charge on any atom is 0.417 e. The number of alkyl halides is 3. The zero-order valence-electron chi connectivity index (χ0n) is 33.6. The molecule has 314 valence electrons. The summed E-state index contributed by atoms with van der Waals surface area (Å²) in [5, 5.41) is 17.7. The maximum absolute atomic E-state index is 13.8. The second-order valence-corrected chi connectivity index (χ2v) is 16.0. The van der Waals surface area contributed by atoms with Crippen molar-refractivity contribution < 1.29 is 37.1 Å². The van der Waals surface area contributed by atoms with E-state index >= 15 is 0 Å². The number of rotatable bonds is 12. The van der Waals surface area contributed by atoms with E-state index in [1.54, 1.807) is 49.1 Å². The predicted octanol–water partition coefficient (Wildman–Crippen LogP) is 5.61. The van der Waals surface area contributed by atoms with Crippen LogP contribution in [0.4, 0.5) is 35.9 Å². The van der Waals surface area contributed by atoms with E-state index in [1.165, 1.54) is 11.0 Å². The van der Waals surface area contributed by atoms with Crippen LogP contribution >= 0.6 is 12.6 Å². The first-order valence-electron chi connectivity index (χ1n) is 19.6. The van der Waals surface area contributed by atoms with Gasteiger partial charge in [-0.25, -0.2) is 0 Å². The molecule has 17 heteroatoms. The largest absolute Gasteiger partial charge is 0.492 e. The number of ether oxygens (including phenoxy) is 1. The molecule has 3 aliphatic heterocycles. The Balaban J connectivity index is 1.03. The third-order valence-electron chi connectivity index (χ3n) is 11.2. The minimum absolute atomic E-state index is 0.00990. The van der Waals surface area contributed by atoms with Gasteiger partial charge in [-0.15, -0.1) is 12.6 Å². The molecule has 4 amide bonds. The number of amides is 4. The molecule has 0 aromatic heterocycles. The fourth-order valence-electron chi connectivity index (χ4n) is 7.99. The molecule has 3 heterocycles. The quantitative estimate of drug-likeness (QED) is 0.134. The Morgan fingerprint density at radius 1 is 1.07 bits per heavy atom. The van der Waals surface area contributed by atoms with Crippen LogP contribution in [0.2, 0.25) is 0 Å². The minimum Gasteiger partial charge on any atom is -0.492 e. The van der Waals surface area contributed by atoms with Gasteiger partial charge in [0.05, 0.1) is 23.2 Å². The van der Waals surface area contributed by atoms with Crippen LogP contribution in [0.25, 0.3) is 0 Å². The van der Waals surface area contributed by atoms with Crippen molar-refractivity contribution in [3.05, 3.63) is 77.4 Å². The Bertz CT molecular complexity index is 2140. The molecule has 4 atom stereocenters. The second kappa shape index (κ2) is 17.5. The smallest absolute Gasteiger partial charge is 0.417 e. The summed E-state index contributed by atoms with van der Waals surface area (Å²) in [4.78, 5) is 58.2. The summed E-state index contributed by atoms with van der Waals surface area (Å²) in [5.41, 5.74) is -0.954. The van der Waals surface area contributed by atoms with E-state index in [-0.39, 0.29) is 35.9 Å². The van der Waals surface area contributed by atoms with Crippen molar-refractivity contribution in [3.63, 3.8) is 0 Å². The van der Waals surface area contributed by atoms with Gasteiger partial charge >= 0.3 is 6.18 Å². The number of nitriles is 1. The Kier molecular flexibility index (Phi) is 12.8. The summed E-state index contributed by atoms with van der Waals surface area (Å²) in [6.07, 6.45) is -3.50. The van der Waals surface area contributed by atoms with Gasteiger partial charge in [-0.05, 0) is 101 Å². The van der Waals surface area contributed by atoms with Crippen molar-refractivity contribution in [2.24, 2.45) is 0 Å². The molecule has 3 saturated heterocycles. The summed E-state index contributed by atoms with van der Waals surface area (Å²) in [6.45, 7) is 12.6. The fraction of sp³-hybridized carbons (Fsp3) is 0.452. The molecule has 3 aromatic rings. The molecule has 0 spiro atoms. The number of aryl methyl sites for hydroxylation is 1. The van der Waals surface area contributed by atoms with Crippen LogP contribution in [-0.2, 0) is 31.8 Å². The van der Waals surface area contributed by atoms with Crippen LogP contribution in [0.5, 0.6) is 5.75 Å². The lowest BCUT2D eigenvalue weighted by Gasteiger charge is -2.42. The van der Waals surface area contributed by atoms with Gasteiger partial charge in [0.2, 0.25) is 17.7 Å². The first kappa shape index (κ1) is 43.3. The predicted molar refractivity (Wildman–Crippen MR) is 221 cm³/mol. The lowest BCUT2D eigenvalue weighted by atomic mass is 10.0. The van der Waals surface area contributed by atoms with Crippen LogP contribution in [-0.4, -0.2) is 95.4 Å². The summed E-state index contributed by atoms with van der Waals surface area (Å²) in [5.74, 6) is -0.557. The van der Waals surface area contributed by atoms with Gasteiger partial charge in [-0.3, -0.25) is 39.2 Å². The van der Waals surface area contributed by atoms with Gasteiger partial charge in [0.25, 0.3) is 5.91 Å². The zero-order chi connectivity index (χ0) is 42.8. The number of imide groups is 1. The molecule has 59 heavy (non-hydrogen) atoms. The number of hydrogen-bond acceptors (Lipinski definition) is 11. The van der Waals surface area contributed by atoms with E-state index in [4.69, 9.17) is 17.4 Å². The number of anilines is 4. The summed E-state index contributed by atoms with van der Waals surface area (Å²) in [7, 11) is 0. The molecule has 3 N–H and O–H groups in total. The van der Waals surface area contributed by atoms with Gasteiger partial charge in [0, 0.05) is 61.4 Å². The highest BCUT2D eigenvalue weighted by Crippen LogP contribution is 2.43. The number of halogens is 3. The molecular weight excluding hydrogens is 786 g/mol. The number of piperidine rings is 1. The maximum atomic E-state index is 13.8. The SMILES string of the molecule is CCc1cc(N2[C@@H](S)N(c3ccc(C#N)c(C(F)(F)F)c3)C(=O)C2(C)C)ccc1OCCN1CCN([C@@H](C)C(=O)Nc2cccc(N[C@H]3CCC(=O)NC3=O)c2)[C@H](C)C1. The lowest BCUT2D eigenvalue weighted by molar-refractivity contribution is -0.138. The van der Waals surface area contributed by atoms with Crippen molar-refractivity contribution in [2.45, 2.75) is 89.2 Å². The summed E-state index contributed by atoms with van der Waals surface area (Å²) >= 11 is 4.73. The monoisotopic (exact) mass is 834 g/mol. The van der Waals surface area contributed by atoms with Crippen LogP contribution in [0, 0.1) is 11.3 Å². The molecule has 0 aliphatic carbocycles. The molecule has 0 saturated carbocycles. The molecule has 6 rings (SSSR count). The highest BCUT2D eigenvalue weighted by Gasteiger charge is 2.52. The van der Waals surface area contributed by atoms with Crippen molar-refractivity contribution in [2.75, 3.05) is 53.2 Å². The number of nitrogens with one attached hydrogen (secondary N) is 3. The second-order valence-electron chi connectivity index (χ2n) is 15.6. The molecular formula is C42H49F3N8O5S. The summed E-state index contributed by atoms with van der Waals surface area (Å²) in [6, 6.07) is 16.7. The third-order valence-corrected chi connectivity index (χ3v) is 11.7. The van der Waals surface area contributed by atoms with Crippen molar-refractivity contribution in [3.8, 4) is 11.8 Å². The van der Waals surface area contributed by atoms with Crippen LogP contribution in [0.3, 0.4) is 0 Å². The molecule has 0 bridgehead atoms. The van der Waals surface area contributed by atoms with E-state index in [1.807, 2.05) is 32.0 Å². The van der Waals surface area contributed by atoms with Crippen molar-refractivity contribution >= 4 is 59.0 Å². The average Bonchev–Trinajstić information content (AvgIpc) is 3.37. The first-order valence-corrected chi connectivity index (χ1v) is 20.1. The van der Waals surface area contributed by atoms with Gasteiger partial charge in [0.1, 0.15) is 23.9 Å². The molecule has 3 aromatic carbocycles. The highest BCUT2D eigenvalue weighted by atomic mass is 32.1. The molecule has 0 radical (unpaired) electrons. The Labute approximate surface area is 347 Å². The van der Waals surface area contributed by atoms with Gasteiger partial charge in [-0.1, -0.05) is 13.0 Å². The number of hydrogen-bond donors (Lipinski definition) is 4. The van der Waals surface area contributed by atoms with Crippen molar-refractivity contribution in [1.29, 1.82) is 5.26 Å². The number of nitrogens with zero attached hydrogens (tertiary/aromatic N) is 5. The average molecular weight is 835 g/mol. The van der Waals surface area contributed by atoms with Crippen LogP contribution in [0.1, 0.15) is 64.2 Å². The van der Waals surface area contributed by atoms with Gasteiger partial charge < -0.3 is 20.3 Å². The zero-order valence-corrected chi connectivity index (χ0v) is 34.5. The number of carbonyl (C=O) groups excluding carboxylic acids is 4. The van der Waals surface area contributed by atoms with E-state index in [0.29, 0.717) is 55.3 Å². The van der Waals surface area contributed by atoms with Gasteiger partial charge in [0.15, 0.2) is 5.50 Å². The normalized spacial score (nSPS) is 21.8. The molecule has 3 fully saturated rings. The lowest BCUT2D eigenvalue weighted by Crippen LogP contribution is -2.57. The topological polar surface area (TPSA) is 150 Å². The van der Waals surface area contributed by atoms with E-state index in [0.717, 1.165) is 30.8 Å². The number of thiol groups is 1. The van der Waals surface area contributed by atoms with E-state index in [9.17, 15) is 37.6 Å². The fourth-order valence-corrected chi connectivity index (χ4v) is 8.65. The van der Waals surface area contributed by atoms with Gasteiger partial charge in [-0.2, -0.15) is 18.4 Å².